The summed E-state index contributed by atoms with van der Waals surface area (Å²) in [6.07, 6.45) is 14.6. The third kappa shape index (κ3) is 17.7. The predicted molar refractivity (Wildman–Crippen MR) is 271 cm³/mol. The molecule has 14 nitrogen and oxygen atoms in total. The van der Waals surface area contributed by atoms with Crippen LogP contribution in [0.1, 0.15) is 95.5 Å². The number of aldehydes is 2. The van der Waals surface area contributed by atoms with Crippen molar-refractivity contribution >= 4 is 66.1 Å². The number of likely N-dealkylation sites (N-methyl/N-ethyl adjacent to an activating group) is 1. The van der Waals surface area contributed by atoms with Crippen molar-refractivity contribution in [3.8, 4) is 22.8 Å². The maximum absolute atomic E-state index is 11.1. The van der Waals surface area contributed by atoms with Crippen LogP contribution >= 0.6 is 0 Å². The average Bonchev–Trinajstić information content (AvgIpc) is 3.61. The zero-order valence-electron chi connectivity index (χ0n) is 42.4. The Kier molecular flexibility index (Phi) is 29.2. The monoisotopic (exact) mass is 1570 g/mol. The van der Waals surface area contributed by atoms with Crippen molar-refractivity contribution < 1.29 is 108 Å². The largest absolute Gasteiger partial charge is 0.813 e. The number of pyridine rings is 2. The van der Waals surface area contributed by atoms with Gasteiger partial charge >= 0.3 is 0 Å². The molecule has 1 aliphatic carbocycles. The predicted octanol–water partition coefficient (Wildman–Crippen LogP) is 8.13. The third-order valence-electron chi connectivity index (χ3n) is 13.0. The molecular weight excluding hydrogens is 1520 g/mol. The number of aromatic nitrogens is 3. The van der Waals surface area contributed by atoms with Crippen molar-refractivity contribution in [3.05, 3.63) is 84.3 Å². The van der Waals surface area contributed by atoms with Crippen molar-refractivity contribution in [1.82, 2.24) is 29.7 Å². The standard InChI is InChI=1S/C25H29N3O.C19H25NO4.C7H10N2O3.C2H6.Cm.Nd.Pu.H2S/c1-5-17(3)13-20(6-2)29-25-10-8-19(15-27-25)18-7-9-21-22-16-26-12-11-23(22)28(4)24(21)14-18;1-15-8-18(3-2-17(15)12-22)24-7-6-23-5-4-20-13-19(14-20)9-16(10-19)11-21;1-9(4-10)5-2-3-6(11)8-7(5)12;1-2;;;;/h7-12,14-17,20H,5-6,13H2,1-4H3;2-3,8,11-12,16H,4-7,9-10,13-14H2,1H3;4-5H,2-3H2,1H3,(H,8,11,12);1-2H3;;;;1H2/p-1. The number of hydrogen-bond acceptors (Lipinski definition) is 12. The van der Waals surface area contributed by atoms with E-state index < -0.39 is 6.04 Å². The summed E-state index contributed by atoms with van der Waals surface area (Å²) in [4.78, 5) is 66.0. The van der Waals surface area contributed by atoms with Crippen molar-refractivity contribution in [2.45, 2.75) is 98.6 Å². The van der Waals surface area contributed by atoms with Gasteiger partial charge in [-0.25, -0.2) is 4.98 Å². The summed E-state index contributed by atoms with van der Waals surface area (Å²) in [5.74, 6) is 1.80. The first-order valence-electron chi connectivity index (χ1n) is 23.8. The van der Waals surface area contributed by atoms with Crippen LogP contribution in [0.15, 0.2) is 73.2 Å². The number of benzene rings is 2. The zero-order chi connectivity index (χ0) is 48.5. The molecular formula is C53H71CmN6NdO8PuS-. The second-order valence-electron chi connectivity index (χ2n) is 17.8. The van der Waals surface area contributed by atoms with E-state index in [2.05, 4.69) is 82.9 Å². The van der Waals surface area contributed by atoms with Gasteiger partial charge in [-0.2, -0.15) is 0 Å². The topological polar surface area (TPSA) is 162 Å². The van der Waals surface area contributed by atoms with Gasteiger partial charge in [0.2, 0.25) is 24.1 Å². The van der Waals surface area contributed by atoms with E-state index in [9.17, 15) is 24.0 Å². The molecule has 3 aliphatic rings. The molecule has 1 saturated carbocycles. The fourth-order valence-electron chi connectivity index (χ4n) is 8.93. The number of carbonyl (C=O) groups excluding carboxylic acids is 5. The summed E-state index contributed by atoms with van der Waals surface area (Å²) >= 11 is 0. The van der Waals surface area contributed by atoms with Crippen molar-refractivity contribution in [1.29, 1.82) is 0 Å². The number of thiol groups is 1. The van der Waals surface area contributed by atoms with E-state index in [4.69, 9.17) is 14.2 Å². The number of aryl methyl sites for hydroxylation is 2. The average molecular weight is 1590 g/mol. The van der Waals surface area contributed by atoms with E-state index in [-0.39, 0.29) is 101 Å². The minimum absolute atomic E-state index is 0. The molecule has 3 unspecified atom stereocenters. The van der Waals surface area contributed by atoms with Crippen LogP contribution in [-0.4, -0.2) is 114 Å². The molecule has 3 amide bonds. The molecule has 5 heterocycles. The quantitative estimate of drug-likeness (QED) is 0.0295. The maximum Gasteiger partial charge on any atom is 0.249 e. The van der Waals surface area contributed by atoms with Crippen LogP contribution in [0.4, 0.5) is 0 Å². The number of carbonyl (C=O) groups is 5. The minimum Gasteiger partial charge on any atom is -0.813 e. The normalized spacial score (nSPS) is 16.2. The first kappa shape index (κ1) is 64.7. The minimum atomic E-state index is -0.486. The molecule has 0 radical (unpaired) electrons. The van der Waals surface area contributed by atoms with E-state index in [1.807, 2.05) is 57.6 Å². The van der Waals surface area contributed by atoms with E-state index in [1.165, 1.54) is 40.2 Å². The number of hydrogen-bond donors (Lipinski definition) is 1. The van der Waals surface area contributed by atoms with Crippen LogP contribution in [0.5, 0.6) is 11.6 Å². The van der Waals surface area contributed by atoms with Crippen molar-refractivity contribution in [2.24, 2.45) is 24.3 Å². The van der Waals surface area contributed by atoms with Crippen molar-refractivity contribution in [2.75, 3.05) is 46.5 Å². The Labute approximate surface area is 476 Å². The number of rotatable bonds is 18. The molecule has 386 valence electrons. The Morgan fingerprint density at radius 2 is 1.63 bits per heavy atom. The van der Waals surface area contributed by atoms with Gasteiger partial charge < -0.3 is 42.0 Å². The maximum atomic E-state index is 11.1. The fraction of sp³-hybridized carbons (Fsp3) is 0.491. The second kappa shape index (κ2) is 32.0. The van der Waals surface area contributed by atoms with Crippen LogP contribution in [0.25, 0.3) is 32.9 Å². The number of likely N-dealkylation sites (tertiary alicyclic amines) is 1. The Morgan fingerprint density at radius 1 is 0.915 bits per heavy atom. The van der Waals surface area contributed by atoms with Gasteiger partial charge in [-0.15, -0.1) is 0 Å². The molecule has 3 atom stereocenters. The summed E-state index contributed by atoms with van der Waals surface area (Å²) in [6, 6.07) is 17.7. The van der Waals surface area contributed by atoms with Gasteiger partial charge in [-0.05, 0) is 97.9 Å². The van der Waals surface area contributed by atoms with Gasteiger partial charge in [-0.3, -0.25) is 34.4 Å². The van der Waals surface area contributed by atoms with Crippen LogP contribution in [0.3, 0.4) is 0 Å². The fourth-order valence-corrected chi connectivity index (χ4v) is 8.93. The van der Waals surface area contributed by atoms with Gasteiger partial charge in [0.15, 0.2) is 0 Å². The SMILES string of the molecule is CC.CCC(C)CC(CC)Oc1ccc(-c2ccc3c4cnccc4n(C)c3c2)cn1.CN(C=O)C1CCC(=O)NC1=O.Cc1cc(OCCOCCN2CC3(CC(C=O)C3)C2)ccc1C=O.[Cm].[Nd].[Pu].[SH-]. The van der Waals surface area contributed by atoms with Crippen LogP contribution in [-0.2, 0) is 44.5 Å². The summed E-state index contributed by atoms with van der Waals surface area (Å²) < 4.78 is 19.6. The molecule has 71 heavy (non-hydrogen) atoms. The number of nitrogens with zero attached hydrogens (tertiary/aromatic N) is 5. The Balaban J connectivity index is 0.000000544. The summed E-state index contributed by atoms with van der Waals surface area (Å²) in [7, 11) is 3.62. The summed E-state index contributed by atoms with van der Waals surface area (Å²) in [5, 5.41) is 4.58. The van der Waals surface area contributed by atoms with Gasteiger partial charge in [-0.1, -0.05) is 53.2 Å². The van der Waals surface area contributed by atoms with Crippen LogP contribution in [0.2, 0.25) is 0 Å². The Hall–Kier alpha value is -4.30. The molecule has 1 N–H and O–H groups in total. The molecule has 0 bridgehead atoms. The third-order valence-corrected chi connectivity index (χ3v) is 13.0. The smallest absolute Gasteiger partial charge is 0.249 e. The Morgan fingerprint density at radius 3 is 2.24 bits per heavy atom. The number of fused-ring (bicyclic) bond motifs is 3. The van der Waals surface area contributed by atoms with Gasteiger partial charge in [0.1, 0.15) is 37.1 Å². The number of ether oxygens (including phenoxy) is 3. The van der Waals surface area contributed by atoms with Gasteiger partial charge in [0.05, 0.1) is 18.7 Å². The number of nitrogens with one attached hydrogen (secondary N) is 1. The van der Waals surface area contributed by atoms with Crippen molar-refractivity contribution in [3.63, 3.8) is 0 Å². The molecule has 3 aromatic heterocycles. The van der Waals surface area contributed by atoms with E-state index in [0.29, 0.717) is 67.8 Å². The van der Waals surface area contributed by atoms with Crippen LogP contribution < -0.4 is 14.8 Å². The molecule has 3 fully saturated rings. The van der Waals surface area contributed by atoms with E-state index in [0.717, 1.165) is 80.3 Å². The molecule has 18 heteroatoms. The number of imide groups is 1. The van der Waals surface area contributed by atoms with Gasteiger partial charge in [0, 0.05) is 168 Å². The molecule has 8 rings (SSSR count). The Bertz CT molecular complexity index is 2430. The molecule has 2 aliphatic heterocycles. The molecule has 2 aromatic carbocycles. The van der Waals surface area contributed by atoms with E-state index >= 15 is 0 Å². The molecule has 1 spiro atoms. The second-order valence-corrected chi connectivity index (χ2v) is 17.8. The zero-order valence-corrected chi connectivity index (χ0v) is 52.8. The summed E-state index contributed by atoms with van der Waals surface area (Å²) in [5.41, 5.74) is 6.70. The van der Waals surface area contributed by atoms with Crippen LogP contribution in [0, 0.1) is 94.2 Å². The van der Waals surface area contributed by atoms with Gasteiger partial charge in [0.25, 0.3) is 0 Å². The molecule has 5 aromatic rings. The first-order valence-corrected chi connectivity index (χ1v) is 23.8. The molecule has 2 saturated heterocycles. The number of piperidine rings is 1. The van der Waals surface area contributed by atoms with E-state index in [1.54, 1.807) is 6.07 Å². The first-order chi connectivity index (χ1) is 32.4. The number of amides is 3. The summed E-state index contributed by atoms with van der Waals surface area (Å²) in [6.45, 7) is 17.5.